The standard InChI is InChI=1S/C25H23ClN6S/c26-18-10-12-19(13-11-18)27-25(33)30-24-28-22-9-5-4-8-21(22)23(29-24)32-16-14-31(15-17-32)20-6-2-1-3-7-20/h1-13H,14-17H2,(H2,27,28,29,30,33). The van der Waals surface area contributed by atoms with Gasteiger partial charge in [0.15, 0.2) is 5.11 Å². The molecular weight excluding hydrogens is 452 g/mol. The molecule has 1 saturated heterocycles. The zero-order chi connectivity index (χ0) is 22.6. The van der Waals surface area contributed by atoms with Crippen LogP contribution in [0.3, 0.4) is 0 Å². The SMILES string of the molecule is S=C(Nc1ccc(Cl)cc1)Nc1nc(N2CCN(c3ccccc3)CC2)c2ccccc2n1. The van der Waals surface area contributed by atoms with E-state index in [2.05, 4.69) is 55.7 Å². The third-order valence-corrected chi connectivity index (χ3v) is 6.07. The van der Waals surface area contributed by atoms with Crippen molar-refractivity contribution in [1.82, 2.24) is 9.97 Å². The van der Waals surface area contributed by atoms with Gasteiger partial charge in [-0.2, -0.15) is 4.98 Å². The Morgan fingerprint density at radius 2 is 1.42 bits per heavy atom. The molecule has 4 aromatic rings. The summed E-state index contributed by atoms with van der Waals surface area (Å²) in [6.45, 7) is 3.62. The van der Waals surface area contributed by atoms with Crippen molar-refractivity contribution in [2.75, 3.05) is 46.6 Å². The minimum Gasteiger partial charge on any atom is -0.368 e. The van der Waals surface area contributed by atoms with Crippen molar-refractivity contribution in [3.05, 3.63) is 83.9 Å². The van der Waals surface area contributed by atoms with Crippen LogP contribution in [0.2, 0.25) is 5.02 Å². The second kappa shape index (κ2) is 9.60. The van der Waals surface area contributed by atoms with Gasteiger partial charge in [0.05, 0.1) is 5.52 Å². The number of aromatic nitrogens is 2. The van der Waals surface area contributed by atoms with Gasteiger partial charge in [0, 0.05) is 48.0 Å². The topological polar surface area (TPSA) is 56.3 Å². The molecule has 5 rings (SSSR count). The second-order valence-electron chi connectivity index (χ2n) is 7.78. The zero-order valence-corrected chi connectivity index (χ0v) is 19.5. The van der Waals surface area contributed by atoms with Crippen LogP contribution in [0.4, 0.5) is 23.1 Å². The first-order chi connectivity index (χ1) is 16.2. The number of hydrogen-bond acceptors (Lipinski definition) is 5. The van der Waals surface area contributed by atoms with Crippen LogP contribution in [0.25, 0.3) is 10.9 Å². The summed E-state index contributed by atoms with van der Waals surface area (Å²) in [7, 11) is 0. The molecular formula is C25H23ClN6S. The molecule has 0 atom stereocenters. The van der Waals surface area contributed by atoms with Crippen LogP contribution in [-0.4, -0.2) is 41.3 Å². The number of benzene rings is 3. The summed E-state index contributed by atoms with van der Waals surface area (Å²) in [5.41, 5.74) is 2.98. The van der Waals surface area contributed by atoms with Gasteiger partial charge in [-0.3, -0.25) is 0 Å². The molecule has 2 heterocycles. The van der Waals surface area contributed by atoms with Gasteiger partial charge in [-0.05, 0) is 60.7 Å². The molecule has 33 heavy (non-hydrogen) atoms. The van der Waals surface area contributed by atoms with E-state index < -0.39 is 0 Å². The minimum atomic E-state index is 0.424. The number of hydrogen-bond donors (Lipinski definition) is 2. The first kappa shape index (κ1) is 21.4. The Morgan fingerprint density at radius 3 is 2.18 bits per heavy atom. The van der Waals surface area contributed by atoms with Crippen molar-refractivity contribution in [1.29, 1.82) is 0 Å². The Balaban J connectivity index is 1.35. The van der Waals surface area contributed by atoms with Gasteiger partial charge in [0.1, 0.15) is 5.82 Å². The van der Waals surface area contributed by atoms with Gasteiger partial charge >= 0.3 is 0 Å². The van der Waals surface area contributed by atoms with Gasteiger partial charge in [-0.25, -0.2) is 4.98 Å². The van der Waals surface area contributed by atoms with Crippen LogP contribution >= 0.6 is 23.8 Å². The van der Waals surface area contributed by atoms with Crippen molar-refractivity contribution in [3.8, 4) is 0 Å². The molecule has 1 aliphatic rings. The van der Waals surface area contributed by atoms with Crippen LogP contribution in [0.1, 0.15) is 0 Å². The van der Waals surface area contributed by atoms with E-state index in [0.717, 1.165) is 48.6 Å². The van der Waals surface area contributed by atoms with E-state index in [9.17, 15) is 0 Å². The van der Waals surface area contributed by atoms with E-state index in [1.807, 2.05) is 48.5 Å². The normalized spacial score (nSPS) is 13.7. The molecule has 2 N–H and O–H groups in total. The van der Waals surface area contributed by atoms with E-state index in [1.54, 1.807) is 0 Å². The number of thiocarbonyl (C=S) groups is 1. The monoisotopic (exact) mass is 474 g/mol. The van der Waals surface area contributed by atoms with Gasteiger partial charge in [0.25, 0.3) is 0 Å². The highest BCUT2D eigenvalue weighted by atomic mass is 35.5. The molecule has 0 unspecified atom stereocenters. The fourth-order valence-corrected chi connectivity index (χ4v) is 4.30. The number of piperazine rings is 1. The Kier molecular flexibility index (Phi) is 6.24. The summed E-state index contributed by atoms with van der Waals surface area (Å²) in [5.74, 6) is 1.39. The summed E-state index contributed by atoms with van der Waals surface area (Å²) in [5, 5.41) is 8.42. The Hall–Kier alpha value is -3.42. The number of fused-ring (bicyclic) bond motifs is 1. The smallest absolute Gasteiger partial charge is 0.231 e. The summed E-state index contributed by atoms with van der Waals surface area (Å²) in [6, 6.07) is 26.0. The van der Waals surface area contributed by atoms with Crippen LogP contribution < -0.4 is 20.4 Å². The van der Waals surface area contributed by atoms with Crippen LogP contribution in [0.5, 0.6) is 0 Å². The van der Waals surface area contributed by atoms with Gasteiger partial charge in [0.2, 0.25) is 5.95 Å². The number of anilines is 4. The average molecular weight is 475 g/mol. The molecule has 3 aromatic carbocycles. The quantitative estimate of drug-likeness (QED) is 0.383. The molecule has 0 aliphatic carbocycles. The second-order valence-corrected chi connectivity index (χ2v) is 8.63. The summed E-state index contributed by atoms with van der Waals surface area (Å²) in [4.78, 5) is 14.3. The van der Waals surface area contributed by atoms with Crippen molar-refractivity contribution >= 4 is 63.0 Å². The fraction of sp³-hybridized carbons (Fsp3) is 0.160. The number of para-hydroxylation sites is 2. The van der Waals surface area contributed by atoms with Crippen molar-refractivity contribution in [3.63, 3.8) is 0 Å². The van der Waals surface area contributed by atoms with Crippen molar-refractivity contribution < 1.29 is 0 Å². The molecule has 0 bridgehead atoms. The van der Waals surface area contributed by atoms with E-state index in [0.29, 0.717) is 16.1 Å². The highest BCUT2D eigenvalue weighted by Gasteiger charge is 2.21. The zero-order valence-electron chi connectivity index (χ0n) is 17.9. The molecule has 6 nitrogen and oxygen atoms in total. The van der Waals surface area contributed by atoms with Gasteiger partial charge in [-0.15, -0.1) is 0 Å². The predicted octanol–water partition coefficient (Wildman–Crippen LogP) is 5.42. The van der Waals surface area contributed by atoms with Crippen molar-refractivity contribution in [2.24, 2.45) is 0 Å². The Labute approximate surface area is 203 Å². The maximum absolute atomic E-state index is 5.96. The molecule has 1 aliphatic heterocycles. The van der Waals surface area contributed by atoms with Gasteiger partial charge < -0.3 is 20.4 Å². The van der Waals surface area contributed by atoms with Crippen LogP contribution in [-0.2, 0) is 0 Å². The molecule has 1 aromatic heterocycles. The molecule has 0 radical (unpaired) electrons. The number of halogens is 1. The lowest BCUT2D eigenvalue weighted by Crippen LogP contribution is -2.47. The molecule has 0 amide bonds. The summed E-state index contributed by atoms with van der Waals surface area (Å²) in [6.07, 6.45) is 0. The lowest BCUT2D eigenvalue weighted by Gasteiger charge is -2.37. The largest absolute Gasteiger partial charge is 0.368 e. The first-order valence-electron chi connectivity index (χ1n) is 10.8. The summed E-state index contributed by atoms with van der Waals surface area (Å²) < 4.78 is 0. The molecule has 1 fully saturated rings. The van der Waals surface area contributed by atoms with Crippen LogP contribution in [0, 0.1) is 0 Å². The predicted molar refractivity (Wildman–Crippen MR) is 142 cm³/mol. The molecule has 166 valence electrons. The summed E-state index contributed by atoms with van der Waals surface area (Å²) >= 11 is 11.5. The highest BCUT2D eigenvalue weighted by Crippen LogP contribution is 2.27. The molecule has 0 saturated carbocycles. The fourth-order valence-electron chi connectivity index (χ4n) is 3.97. The maximum Gasteiger partial charge on any atom is 0.231 e. The molecule has 8 heteroatoms. The number of nitrogens with one attached hydrogen (secondary N) is 2. The van der Waals surface area contributed by atoms with E-state index in [-0.39, 0.29) is 0 Å². The van der Waals surface area contributed by atoms with E-state index >= 15 is 0 Å². The Morgan fingerprint density at radius 1 is 0.758 bits per heavy atom. The lowest BCUT2D eigenvalue weighted by atomic mass is 10.2. The van der Waals surface area contributed by atoms with Crippen LogP contribution in [0.15, 0.2) is 78.9 Å². The first-order valence-corrected chi connectivity index (χ1v) is 11.6. The molecule has 0 spiro atoms. The highest BCUT2D eigenvalue weighted by molar-refractivity contribution is 7.80. The maximum atomic E-state index is 5.96. The minimum absolute atomic E-state index is 0.424. The Bertz CT molecular complexity index is 1260. The van der Waals surface area contributed by atoms with Gasteiger partial charge in [-0.1, -0.05) is 41.9 Å². The number of rotatable bonds is 4. The third kappa shape index (κ3) is 4.99. The average Bonchev–Trinajstić information content (AvgIpc) is 2.85. The third-order valence-electron chi connectivity index (χ3n) is 5.61. The van der Waals surface area contributed by atoms with Crippen molar-refractivity contribution in [2.45, 2.75) is 0 Å². The van der Waals surface area contributed by atoms with E-state index in [4.69, 9.17) is 28.8 Å². The number of nitrogens with zero attached hydrogens (tertiary/aromatic N) is 4. The van der Waals surface area contributed by atoms with E-state index in [1.165, 1.54) is 5.69 Å². The lowest BCUT2D eigenvalue weighted by molar-refractivity contribution is 0.649.